The molecule has 0 bridgehead atoms. The smallest absolute Gasteiger partial charge is 0.317 e. The molecule has 0 atom stereocenters. The monoisotopic (exact) mass is 369 g/mol. The molecule has 0 aromatic heterocycles. The summed E-state index contributed by atoms with van der Waals surface area (Å²) < 4.78 is 13.3. The van der Waals surface area contributed by atoms with Crippen molar-refractivity contribution in [1.29, 1.82) is 0 Å². The molecule has 0 saturated carbocycles. The fraction of sp³-hybridized carbons (Fsp3) is 0.409. The fourth-order valence-electron chi connectivity index (χ4n) is 3.57. The number of nitrogens with one attached hydrogen (secondary N) is 1. The third-order valence-electron chi connectivity index (χ3n) is 5.06. The molecule has 0 aliphatic carbocycles. The molecule has 1 N–H and O–H groups in total. The van der Waals surface area contributed by atoms with Crippen LogP contribution in [0.2, 0.25) is 0 Å². The summed E-state index contributed by atoms with van der Waals surface area (Å²) >= 11 is 0. The minimum absolute atomic E-state index is 0.101. The van der Waals surface area contributed by atoms with E-state index in [1.807, 2.05) is 6.07 Å². The number of piperidine rings is 1. The van der Waals surface area contributed by atoms with Crippen molar-refractivity contribution in [3.8, 4) is 0 Å². The largest absolute Gasteiger partial charge is 0.335 e. The van der Waals surface area contributed by atoms with Crippen molar-refractivity contribution >= 4 is 6.03 Å². The second kappa shape index (κ2) is 9.00. The van der Waals surface area contributed by atoms with Crippen LogP contribution in [0.3, 0.4) is 0 Å². The van der Waals surface area contributed by atoms with Gasteiger partial charge in [0.25, 0.3) is 0 Å². The summed E-state index contributed by atoms with van der Waals surface area (Å²) in [4.78, 5) is 16.5. The topological polar surface area (TPSA) is 35.6 Å². The summed E-state index contributed by atoms with van der Waals surface area (Å²) in [5.74, 6) is -0.276. The van der Waals surface area contributed by atoms with Crippen molar-refractivity contribution in [1.82, 2.24) is 15.1 Å². The lowest BCUT2D eigenvalue weighted by Gasteiger charge is -2.33. The number of urea groups is 1. The summed E-state index contributed by atoms with van der Waals surface area (Å²) in [6, 6.07) is 15.1. The summed E-state index contributed by atoms with van der Waals surface area (Å²) in [6.07, 6.45) is 1.90. The van der Waals surface area contributed by atoms with Crippen molar-refractivity contribution < 1.29 is 9.18 Å². The standard InChI is InChI=1S/C22H28FN3O/c1-17-5-3-6-18(13-17)16-26-11-9-21(10-12-26)24-22(27)25(2)15-19-7-4-8-20(23)14-19/h3-8,13-14,21H,9-12,15-16H2,1-2H3,(H,24,27). The van der Waals surface area contributed by atoms with Gasteiger partial charge in [-0.3, -0.25) is 4.90 Å². The van der Waals surface area contributed by atoms with Gasteiger partial charge in [-0.15, -0.1) is 0 Å². The lowest BCUT2D eigenvalue weighted by molar-refractivity contribution is 0.173. The van der Waals surface area contributed by atoms with Crippen LogP contribution in [-0.2, 0) is 13.1 Å². The predicted molar refractivity (Wildman–Crippen MR) is 106 cm³/mol. The lowest BCUT2D eigenvalue weighted by Crippen LogP contribution is -2.48. The van der Waals surface area contributed by atoms with Crippen molar-refractivity contribution in [3.63, 3.8) is 0 Å². The van der Waals surface area contributed by atoms with Crippen LogP contribution in [0, 0.1) is 12.7 Å². The van der Waals surface area contributed by atoms with E-state index in [9.17, 15) is 9.18 Å². The Bertz CT molecular complexity index is 772. The van der Waals surface area contributed by atoms with Crippen LogP contribution in [-0.4, -0.2) is 42.0 Å². The number of aryl methyl sites for hydroxylation is 1. The van der Waals surface area contributed by atoms with Crippen LogP contribution in [0.1, 0.15) is 29.5 Å². The van der Waals surface area contributed by atoms with Crippen LogP contribution in [0.4, 0.5) is 9.18 Å². The van der Waals surface area contributed by atoms with Gasteiger partial charge in [0.15, 0.2) is 0 Å². The maximum Gasteiger partial charge on any atom is 0.317 e. The Kier molecular flexibility index (Phi) is 6.45. The van der Waals surface area contributed by atoms with Gasteiger partial charge in [-0.1, -0.05) is 42.0 Å². The van der Waals surface area contributed by atoms with Crippen LogP contribution in [0.25, 0.3) is 0 Å². The first kappa shape index (κ1) is 19.4. The van der Waals surface area contributed by atoms with Gasteiger partial charge < -0.3 is 10.2 Å². The molecule has 1 heterocycles. The summed E-state index contributed by atoms with van der Waals surface area (Å²) in [6.45, 7) is 5.43. The highest BCUT2D eigenvalue weighted by molar-refractivity contribution is 5.74. The molecule has 144 valence electrons. The number of nitrogens with zero attached hydrogens (tertiary/aromatic N) is 2. The minimum atomic E-state index is -0.276. The van der Waals surface area contributed by atoms with E-state index >= 15 is 0 Å². The molecule has 2 aromatic rings. The maximum absolute atomic E-state index is 13.3. The fourth-order valence-corrected chi connectivity index (χ4v) is 3.57. The van der Waals surface area contributed by atoms with Crippen LogP contribution in [0.15, 0.2) is 48.5 Å². The van der Waals surface area contributed by atoms with E-state index in [1.165, 1.54) is 23.3 Å². The highest BCUT2D eigenvalue weighted by Gasteiger charge is 2.22. The molecule has 27 heavy (non-hydrogen) atoms. The molecule has 0 unspecified atom stereocenters. The molecule has 2 amide bonds. The molecular weight excluding hydrogens is 341 g/mol. The van der Waals surface area contributed by atoms with Crippen LogP contribution >= 0.6 is 0 Å². The van der Waals surface area contributed by atoms with Crippen molar-refractivity contribution in [3.05, 3.63) is 71.0 Å². The number of rotatable bonds is 5. The number of halogens is 1. The van der Waals surface area contributed by atoms with E-state index in [1.54, 1.807) is 18.0 Å². The molecule has 1 fully saturated rings. The van der Waals surface area contributed by atoms with Crippen LogP contribution in [0.5, 0.6) is 0 Å². The first-order chi connectivity index (χ1) is 13.0. The average molecular weight is 369 g/mol. The Morgan fingerprint density at radius 3 is 2.56 bits per heavy atom. The summed E-state index contributed by atoms with van der Waals surface area (Å²) in [5.41, 5.74) is 3.42. The Morgan fingerprint density at radius 2 is 1.85 bits per heavy atom. The average Bonchev–Trinajstić information content (AvgIpc) is 2.63. The van der Waals surface area contributed by atoms with Gasteiger partial charge in [0.1, 0.15) is 5.82 Å². The first-order valence-corrected chi connectivity index (χ1v) is 9.53. The zero-order valence-corrected chi connectivity index (χ0v) is 16.1. The van der Waals surface area contributed by atoms with E-state index in [2.05, 4.69) is 41.4 Å². The number of hydrogen-bond acceptors (Lipinski definition) is 2. The van der Waals surface area contributed by atoms with Gasteiger partial charge in [-0.2, -0.15) is 0 Å². The SMILES string of the molecule is Cc1cccc(CN2CCC(NC(=O)N(C)Cc3cccc(F)c3)CC2)c1. The van der Waals surface area contributed by atoms with Crippen LogP contribution < -0.4 is 5.32 Å². The molecule has 0 radical (unpaired) electrons. The van der Waals surface area contributed by atoms with E-state index in [4.69, 9.17) is 0 Å². The van der Waals surface area contributed by atoms with E-state index < -0.39 is 0 Å². The van der Waals surface area contributed by atoms with E-state index in [0.717, 1.165) is 38.0 Å². The molecule has 1 aliphatic rings. The summed E-state index contributed by atoms with van der Waals surface area (Å²) in [7, 11) is 1.74. The predicted octanol–water partition coefficient (Wildman–Crippen LogP) is 3.94. The number of benzene rings is 2. The van der Waals surface area contributed by atoms with Crippen molar-refractivity contribution in [2.45, 2.75) is 38.9 Å². The Hall–Kier alpha value is -2.40. The zero-order chi connectivity index (χ0) is 19.2. The molecular formula is C22H28FN3O. The molecule has 1 saturated heterocycles. The van der Waals surface area contributed by atoms with Gasteiger partial charge in [0.05, 0.1) is 0 Å². The maximum atomic E-state index is 13.3. The minimum Gasteiger partial charge on any atom is -0.335 e. The molecule has 3 rings (SSSR count). The quantitative estimate of drug-likeness (QED) is 0.866. The second-order valence-corrected chi connectivity index (χ2v) is 7.47. The second-order valence-electron chi connectivity index (χ2n) is 7.47. The third kappa shape index (κ3) is 5.79. The molecule has 2 aromatic carbocycles. The lowest BCUT2D eigenvalue weighted by atomic mass is 10.0. The number of amides is 2. The molecule has 0 spiro atoms. The van der Waals surface area contributed by atoms with E-state index in [-0.39, 0.29) is 17.9 Å². The van der Waals surface area contributed by atoms with Gasteiger partial charge in [0.2, 0.25) is 0 Å². The van der Waals surface area contributed by atoms with Gasteiger partial charge in [-0.25, -0.2) is 9.18 Å². The molecule has 4 nitrogen and oxygen atoms in total. The van der Waals surface area contributed by atoms with Gasteiger partial charge in [-0.05, 0) is 43.0 Å². The Labute approximate surface area is 161 Å². The number of carbonyl (C=O) groups excluding carboxylic acids is 1. The highest BCUT2D eigenvalue weighted by atomic mass is 19.1. The highest BCUT2D eigenvalue weighted by Crippen LogP contribution is 2.15. The summed E-state index contributed by atoms with van der Waals surface area (Å²) in [5, 5.41) is 3.11. The number of likely N-dealkylation sites (tertiary alicyclic amines) is 1. The number of hydrogen-bond donors (Lipinski definition) is 1. The van der Waals surface area contributed by atoms with Gasteiger partial charge >= 0.3 is 6.03 Å². The van der Waals surface area contributed by atoms with Crippen molar-refractivity contribution in [2.24, 2.45) is 0 Å². The zero-order valence-electron chi connectivity index (χ0n) is 16.1. The van der Waals surface area contributed by atoms with E-state index in [0.29, 0.717) is 6.54 Å². The first-order valence-electron chi connectivity index (χ1n) is 9.53. The third-order valence-corrected chi connectivity index (χ3v) is 5.06. The Balaban J connectivity index is 1.43. The molecule has 1 aliphatic heterocycles. The number of carbonyl (C=O) groups is 1. The molecule has 5 heteroatoms. The normalized spacial score (nSPS) is 15.5. The van der Waals surface area contributed by atoms with Crippen molar-refractivity contribution in [2.75, 3.05) is 20.1 Å². The van der Waals surface area contributed by atoms with Gasteiger partial charge in [0, 0.05) is 39.3 Å². The Morgan fingerprint density at radius 1 is 1.15 bits per heavy atom.